The van der Waals surface area contributed by atoms with E-state index in [0.29, 0.717) is 5.92 Å². The van der Waals surface area contributed by atoms with Crippen molar-refractivity contribution in [2.75, 3.05) is 13.1 Å². The third-order valence-electron chi connectivity index (χ3n) is 5.78. The third-order valence-corrected chi connectivity index (χ3v) is 5.78. The molecule has 4 heterocycles. The highest BCUT2D eigenvalue weighted by molar-refractivity contribution is 5.92. The minimum absolute atomic E-state index is 0.489. The van der Waals surface area contributed by atoms with Crippen LogP contribution in [0.15, 0.2) is 31.1 Å². The van der Waals surface area contributed by atoms with Crippen LogP contribution in [-0.4, -0.2) is 47.9 Å². The summed E-state index contributed by atoms with van der Waals surface area (Å²) in [6.07, 6.45) is 13.2. The van der Waals surface area contributed by atoms with Gasteiger partial charge in [-0.05, 0) is 44.2 Å². The minimum Gasteiger partial charge on any atom is -0.351 e. The monoisotopic (exact) mass is 364 g/mol. The highest BCUT2D eigenvalue weighted by atomic mass is 15.4. The van der Waals surface area contributed by atoms with Crippen molar-refractivity contribution in [3.05, 3.63) is 42.5 Å². The summed E-state index contributed by atoms with van der Waals surface area (Å²) >= 11 is 0. The maximum atomic E-state index is 4.51. The van der Waals surface area contributed by atoms with Crippen molar-refractivity contribution in [2.45, 2.75) is 38.0 Å². The Kier molecular flexibility index (Phi) is 4.33. The number of nitrogens with one attached hydrogen (secondary N) is 3. The van der Waals surface area contributed by atoms with E-state index in [-0.39, 0.29) is 0 Å². The first kappa shape index (κ1) is 16.4. The summed E-state index contributed by atoms with van der Waals surface area (Å²) in [6.45, 7) is 2.07. The molecule has 0 atom stereocenters. The van der Waals surface area contributed by atoms with Crippen LogP contribution in [0, 0.1) is 5.92 Å². The smallest absolute Gasteiger partial charge is 0.141 e. The van der Waals surface area contributed by atoms with Gasteiger partial charge in [0.1, 0.15) is 17.5 Å². The summed E-state index contributed by atoms with van der Waals surface area (Å²) in [7, 11) is 0. The fourth-order valence-corrected chi connectivity index (χ4v) is 4.28. The zero-order chi connectivity index (χ0) is 18.1. The molecule has 140 valence electrons. The molecular weight excluding hydrogens is 340 g/mol. The lowest BCUT2D eigenvalue weighted by Crippen LogP contribution is -2.27. The number of imidazole rings is 1. The van der Waals surface area contributed by atoms with Gasteiger partial charge in [-0.15, -0.1) is 5.10 Å². The third kappa shape index (κ3) is 3.21. The van der Waals surface area contributed by atoms with E-state index in [4.69, 9.17) is 0 Å². The number of nitrogens with zero attached hydrogens (tertiary/aromatic N) is 5. The second kappa shape index (κ2) is 7.11. The molecule has 0 bridgehead atoms. The molecule has 1 aliphatic carbocycles. The number of H-pyrrole nitrogens is 2. The molecule has 1 saturated carbocycles. The van der Waals surface area contributed by atoms with Gasteiger partial charge >= 0.3 is 0 Å². The molecular formula is C19H24N8. The molecule has 0 aliphatic heterocycles. The van der Waals surface area contributed by atoms with Crippen molar-refractivity contribution < 1.29 is 0 Å². The molecule has 0 radical (unpaired) electrons. The van der Waals surface area contributed by atoms with Crippen LogP contribution in [0.5, 0.6) is 0 Å². The van der Waals surface area contributed by atoms with Gasteiger partial charge in [-0.1, -0.05) is 5.21 Å². The van der Waals surface area contributed by atoms with Crippen LogP contribution in [0.2, 0.25) is 0 Å². The van der Waals surface area contributed by atoms with Crippen LogP contribution in [0.1, 0.15) is 43.0 Å². The van der Waals surface area contributed by atoms with Crippen molar-refractivity contribution >= 4 is 16.6 Å². The molecule has 0 amide bonds. The average molecular weight is 364 g/mol. The van der Waals surface area contributed by atoms with Crippen molar-refractivity contribution in [2.24, 2.45) is 5.92 Å². The number of aromatic nitrogens is 7. The lowest BCUT2D eigenvalue weighted by molar-refractivity contribution is 0.313. The lowest BCUT2D eigenvalue weighted by Gasteiger charge is -2.27. The van der Waals surface area contributed by atoms with E-state index in [1.54, 1.807) is 12.7 Å². The Morgan fingerprint density at radius 1 is 1.19 bits per heavy atom. The maximum Gasteiger partial charge on any atom is 0.141 e. The van der Waals surface area contributed by atoms with Gasteiger partial charge in [-0.25, -0.2) is 14.5 Å². The van der Waals surface area contributed by atoms with Crippen LogP contribution < -0.4 is 5.32 Å². The van der Waals surface area contributed by atoms with E-state index >= 15 is 0 Å². The van der Waals surface area contributed by atoms with Crippen LogP contribution in [0.3, 0.4) is 0 Å². The largest absolute Gasteiger partial charge is 0.351 e. The van der Waals surface area contributed by atoms with E-state index in [2.05, 4.69) is 41.6 Å². The lowest BCUT2D eigenvalue weighted by atomic mass is 9.80. The normalized spacial score (nSPS) is 20.6. The van der Waals surface area contributed by atoms with Gasteiger partial charge in [0.25, 0.3) is 0 Å². The molecule has 1 fully saturated rings. The van der Waals surface area contributed by atoms with Gasteiger partial charge in [0.2, 0.25) is 0 Å². The number of aromatic amines is 2. The van der Waals surface area contributed by atoms with Gasteiger partial charge in [0.15, 0.2) is 0 Å². The average Bonchev–Trinajstić information content (AvgIpc) is 3.45. The van der Waals surface area contributed by atoms with Crippen molar-refractivity contribution in [1.82, 2.24) is 40.1 Å². The standard InChI is InChI=1S/C19H24N8/c1-3-14(4-2-13(1)9-20-7-5-15-10-21-11-23-15)17-18-16-6-8-22-19(16)24-12-27(18)26-25-17/h6,8,10-14,20,22H,1-5,7,9H2,(H,21,23)/t13-,14-. The molecule has 4 aromatic heterocycles. The predicted molar refractivity (Wildman–Crippen MR) is 102 cm³/mol. The Hall–Kier alpha value is -2.74. The Balaban J connectivity index is 1.19. The topological polar surface area (TPSA) is 99.6 Å². The first-order valence-corrected chi connectivity index (χ1v) is 9.74. The molecule has 1 aliphatic rings. The van der Waals surface area contributed by atoms with Crippen molar-refractivity contribution in [3.8, 4) is 0 Å². The van der Waals surface area contributed by atoms with E-state index in [0.717, 1.165) is 53.4 Å². The van der Waals surface area contributed by atoms with Crippen LogP contribution in [0.25, 0.3) is 16.6 Å². The molecule has 27 heavy (non-hydrogen) atoms. The van der Waals surface area contributed by atoms with E-state index in [1.165, 1.54) is 25.7 Å². The van der Waals surface area contributed by atoms with E-state index in [9.17, 15) is 0 Å². The van der Waals surface area contributed by atoms with Gasteiger partial charge in [-0.2, -0.15) is 0 Å². The Labute approximate surface area is 156 Å². The minimum atomic E-state index is 0.489. The summed E-state index contributed by atoms with van der Waals surface area (Å²) in [5.41, 5.74) is 4.27. The zero-order valence-corrected chi connectivity index (χ0v) is 15.2. The predicted octanol–water partition coefficient (Wildman–Crippen LogP) is 2.43. The molecule has 0 spiro atoms. The Bertz CT molecular complexity index is 1010. The number of hydrogen-bond donors (Lipinski definition) is 3. The molecule has 0 aromatic carbocycles. The maximum absolute atomic E-state index is 4.51. The van der Waals surface area contributed by atoms with Gasteiger partial charge < -0.3 is 15.3 Å². The first-order chi connectivity index (χ1) is 13.4. The molecule has 8 nitrogen and oxygen atoms in total. The van der Waals surface area contributed by atoms with Gasteiger partial charge in [-0.3, -0.25) is 0 Å². The summed E-state index contributed by atoms with van der Waals surface area (Å²) < 4.78 is 1.81. The van der Waals surface area contributed by atoms with Crippen molar-refractivity contribution in [1.29, 1.82) is 0 Å². The highest BCUT2D eigenvalue weighted by Crippen LogP contribution is 2.37. The Morgan fingerprint density at radius 2 is 2.11 bits per heavy atom. The Morgan fingerprint density at radius 3 is 2.96 bits per heavy atom. The van der Waals surface area contributed by atoms with Crippen molar-refractivity contribution in [3.63, 3.8) is 0 Å². The number of hydrogen-bond acceptors (Lipinski definition) is 5. The fraction of sp³-hybridized carbons (Fsp3) is 0.474. The summed E-state index contributed by atoms with van der Waals surface area (Å²) in [6, 6.07) is 2.07. The number of fused-ring (bicyclic) bond motifs is 3. The SMILES string of the molecule is c1nc(CCNC[C@H]2CC[C@H](c3nnn4cnc5[nH]ccc5c34)CC2)c[nH]1. The van der Waals surface area contributed by atoms with Crippen LogP contribution in [-0.2, 0) is 6.42 Å². The van der Waals surface area contributed by atoms with Gasteiger partial charge in [0.05, 0.1) is 17.7 Å². The first-order valence-electron chi connectivity index (χ1n) is 9.74. The van der Waals surface area contributed by atoms with Crippen LogP contribution in [0.4, 0.5) is 0 Å². The molecule has 4 aromatic rings. The summed E-state index contributed by atoms with van der Waals surface area (Å²) in [5.74, 6) is 1.24. The quantitative estimate of drug-likeness (QED) is 0.456. The second-order valence-electron chi connectivity index (χ2n) is 7.48. The molecule has 0 unspecified atom stereocenters. The summed E-state index contributed by atoms with van der Waals surface area (Å²) in [4.78, 5) is 14.8. The second-order valence-corrected chi connectivity index (χ2v) is 7.48. The molecule has 0 saturated heterocycles. The molecule has 3 N–H and O–H groups in total. The highest BCUT2D eigenvalue weighted by Gasteiger charge is 2.26. The summed E-state index contributed by atoms with van der Waals surface area (Å²) in [5, 5.41) is 13.5. The van der Waals surface area contributed by atoms with Crippen LogP contribution >= 0.6 is 0 Å². The van der Waals surface area contributed by atoms with E-state index < -0.39 is 0 Å². The van der Waals surface area contributed by atoms with Gasteiger partial charge in [0, 0.05) is 36.7 Å². The molecule has 5 rings (SSSR count). The number of rotatable bonds is 6. The molecule has 8 heteroatoms. The zero-order valence-electron chi connectivity index (χ0n) is 15.2. The fourth-order valence-electron chi connectivity index (χ4n) is 4.28. The van der Waals surface area contributed by atoms with E-state index in [1.807, 2.05) is 16.9 Å².